The van der Waals surface area contributed by atoms with Crippen molar-refractivity contribution < 1.29 is 9.84 Å². The maximum atomic E-state index is 11.1. The maximum absolute atomic E-state index is 11.1. The zero-order chi connectivity index (χ0) is 24.4. The summed E-state index contributed by atoms with van der Waals surface area (Å²) in [6.07, 6.45) is 8.48. The normalized spacial score (nSPS) is 18.4. The molecule has 184 valence electrons. The first-order chi connectivity index (χ1) is 17.7. The lowest BCUT2D eigenvalue weighted by Crippen LogP contribution is -2.42. The van der Waals surface area contributed by atoms with E-state index in [1.165, 1.54) is 16.7 Å². The molecule has 1 fully saturated rings. The first-order valence-electron chi connectivity index (χ1n) is 12.7. The summed E-state index contributed by atoms with van der Waals surface area (Å²) in [4.78, 5) is 18.1. The Balaban J connectivity index is 1.13. The van der Waals surface area contributed by atoms with E-state index in [4.69, 9.17) is 4.74 Å². The molecule has 2 aromatic carbocycles. The number of fused-ring (bicyclic) bond motifs is 2. The van der Waals surface area contributed by atoms with Gasteiger partial charge in [-0.25, -0.2) is 0 Å². The van der Waals surface area contributed by atoms with Crippen molar-refractivity contribution in [3.8, 4) is 5.75 Å². The topological polar surface area (TPSA) is 74.6 Å². The van der Waals surface area contributed by atoms with Gasteiger partial charge < -0.3 is 9.84 Å². The number of hydrogen-bond acceptors (Lipinski definition) is 7. The van der Waals surface area contributed by atoms with Crippen molar-refractivity contribution in [2.75, 3.05) is 26.2 Å². The highest BCUT2D eigenvalue weighted by Gasteiger charge is 2.34. The third kappa shape index (κ3) is 4.82. The van der Waals surface area contributed by atoms with E-state index in [2.05, 4.69) is 55.1 Å². The van der Waals surface area contributed by atoms with Gasteiger partial charge in [-0.1, -0.05) is 24.3 Å². The molecule has 1 saturated heterocycles. The van der Waals surface area contributed by atoms with Crippen LogP contribution < -0.4 is 4.74 Å². The van der Waals surface area contributed by atoms with Crippen LogP contribution in [0.2, 0.25) is 0 Å². The van der Waals surface area contributed by atoms with Crippen LogP contribution in [-0.2, 0) is 25.2 Å². The molecule has 0 aliphatic carbocycles. The van der Waals surface area contributed by atoms with E-state index in [0.717, 1.165) is 61.6 Å². The number of para-hydroxylation sites is 1. The lowest BCUT2D eigenvalue weighted by molar-refractivity contribution is -0.0279. The van der Waals surface area contributed by atoms with Gasteiger partial charge in [0.1, 0.15) is 12.4 Å². The Hall–Kier alpha value is -3.39. The molecule has 2 aromatic heterocycles. The molecule has 36 heavy (non-hydrogen) atoms. The highest BCUT2D eigenvalue weighted by Crippen LogP contribution is 2.33. The molecule has 4 aromatic rings. The summed E-state index contributed by atoms with van der Waals surface area (Å²) in [7, 11) is 0. The fourth-order valence-electron chi connectivity index (χ4n) is 5.42. The fourth-order valence-corrected chi connectivity index (χ4v) is 5.42. The van der Waals surface area contributed by atoms with Gasteiger partial charge in [-0.2, -0.15) is 0 Å². The molecule has 1 N–H and O–H groups in total. The average molecular weight is 482 g/mol. The van der Waals surface area contributed by atoms with Crippen molar-refractivity contribution in [3.05, 3.63) is 95.6 Å². The van der Waals surface area contributed by atoms with Crippen LogP contribution in [0, 0.1) is 0 Å². The Labute approximate surface area is 211 Å². The lowest BCUT2D eigenvalue weighted by atomic mass is 9.85. The summed E-state index contributed by atoms with van der Waals surface area (Å²) in [6, 6.07) is 16.7. The Morgan fingerprint density at radius 1 is 0.889 bits per heavy atom. The number of pyridine rings is 1. The summed E-state index contributed by atoms with van der Waals surface area (Å²) >= 11 is 0. The van der Waals surface area contributed by atoms with E-state index >= 15 is 0 Å². The minimum absolute atomic E-state index is 0.668. The molecular weight excluding hydrogens is 450 g/mol. The molecular formula is C29H31N5O2. The predicted octanol–water partition coefficient (Wildman–Crippen LogP) is 3.90. The van der Waals surface area contributed by atoms with Gasteiger partial charge in [0.2, 0.25) is 0 Å². The van der Waals surface area contributed by atoms with Crippen molar-refractivity contribution in [3.63, 3.8) is 0 Å². The van der Waals surface area contributed by atoms with Gasteiger partial charge in [0.05, 0.1) is 16.6 Å². The highest BCUT2D eigenvalue weighted by molar-refractivity contribution is 5.77. The number of piperidine rings is 1. The number of rotatable bonds is 5. The summed E-state index contributed by atoms with van der Waals surface area (Å²) in [6.45, 7) is 5.75. The number of aliphatic hydroxyl groups is 1. The molecule has 7 heteroatoms. The Bertz CT molecular complexity index is 1330. The van der Waals surface area contributed by atoms with Gasteiger partial charge >= 0.3 is 0 Å². The highest BCUT2D eigenvalue weighted by atomic mass is 16.5. The quantitative estimate of drug-likeness (QED) is 0.463. The molecule has 0 unspecified atom stereocenters. The standard InChI is InChI=1S/C29H31N5O2/c35-29(25-4-2-10-30-18-25)8-13-33(14-9-29)19-22-6-7-27-24(17-22)21-34(15-16-36-27)20-23-3-1-5-26-28(23)32-12-11-31-26/h1-7,10-12,17-18,35H,8-9,13-16,19-21H2. The smallest absolute Gasteiger partial charge is 0.123 e. The van der Waals surface area contributed by atoms with Crippen molar-refractivity contribution >= 4 is 11.0 Å². The van der Waals surface area contributed by atoms with Crippen molar-refractivity contribution in [1.29, 1.82) is 0 Å². The van der Waals surface area contributed by atoms with Crippen LogP contribution >= 0.6 is 0 Å². The van der Waals surface area contributed by atoms with Crippen LogP contribution in [-0.4, -0.2) is 56.1 Å². The van der Waals surface area contributed by atoms with E-state index in [1.807, 2.05) is 18.2 Å². The van der Waals surface area contributed by atoms with E-state index in [0.29, 0.717) is 19.4 Å². The molecule has 6 rings (SSSR count). The Morgan fingerprint density at radius 2 is 1.78 bits per heavy atom. The van der Waals surface area contributed by atoms with Gasteiger partial charge in [-0.05, 0) is 48.2 Å². The Kier molecular flexibility index (Phi) is 6.35. The van der Waals surface area contributed by atoms with Gasteiger partial charge in [0.15, 0.2) is 0 Å². The van der Waals surface area contributed by atoms with Crippen LogP contribution in [0.15, 0.2) is 73.3 Å². The lowest BCUT2D eigenvalue weighted by Gasteiger charge is -2.38. The summed E-state index contributed by atoms with van der Waals surface area (Å²) in [5, 5.41) is 11.1. The van der Waals surface area contributed by atoms with Gasteiger partial charge in [-0.15, -0.1) is 0 Å². The number of aromatic nitrogens is 3. The fraction of sp³-hybridized carbons (Fsp3) is 0.345. The number of hydrogen-bond donors (Lipinski definition) is 1. The SMILES string of the molecule is OC1(c2cccnc2)CCN(Cc2ccc3c(c2)CN(Cc2cccc4nccnc24)CCO3)CC1. The number of likely N-dealkylation sites (tertiary alicyclic amines) is 1. The maximum Gasteiger partial charge on any atom is 0.123 e. The van der Waals surface area contributed by atoms with Crippen LogP contribution in [0.4, 0.5) is 0 Å². The molecule has 7 nitrogen and oxygen atoms in total. The minimum atomic E-state index is -0.779. The molecule has 2 aliphatic rings. The molecule has 0 spiro atoms. The summed E-state index contributed by atoms with van der Waals surface area (Å²) in [5.74, 6) is 0.976. The third-order valence-corrected chi connectivity index (χ3v) is 7.45. The van der Waals surface area contributed by atoms with E-state index in [9.17, 15) is 5.11 Å². The van der Waals surface area contributed by atoms with Gasteiger partial charge in [0, 0.05) is 75.2 Å². The molecule has 0 amide bonds. The molecule has 0 saturated carbocycles. The number of nitrogens with zero attached hydrogens (tertiary/aromatic N) is 5. The van der Waals surface area contributed by atoms with Gasteiger partial charge in [0.25, 0.3) is 0 Å². The first-order valence-corrected chi connectivity index (χ1v) is 12.7. The van der Waals surface area contributed by atoms with Crippen molar-refractivity contribution in [2.45, 2.75) is 38.1 Å². The molecule has 0 atom stereocenters. The molecule has 2 aliphatic heterocycles. The van der Waals surface area contributed by atoms with E-state index < -0.39 is 5.60 Å². The molecule has 0 bridgehead atoms. The second-order valence-electron chi connectivity index (χ2n) is 9.89. The zero-order valence-corrected chi connectivity index (χ0v) is 20.4. The average Bonchev–Trinajstić information content (AvgIpc) is 3.12. The van der Waals surface area contributed by atoms with Crippen molar-refractivity contribution in [1.82, 2.24) is 24.8 Å². The predicted molar refractivity (Wildman–Crippen MR) is 138 cm³/mol. The second-order valence-corrected chi connectivity index (χ2v) is 9.89. The molecule has 4 heterocycles. The first kappa shape index (κ1) is 23.0. The van der Waals surface area contributed by atoms with Crippen LogP contribution in [0.25, 0.3) is 11.0 Å². The van der Waals surface area contributed by atoms with E-state index in [-0.39, 0.29) is 0 Å². The minimum Gasteiger partial charge on any atom is -0.492 e. The Morgan fingerprint density at radius 3 is 2.64 bits per heavy atom. The van der Waals surface area contributed by atoms with E-state index in [1.54, 1.807) is 24.8 Å². The van der Waals surface area contributed by atoms with Gasteiger partial charge in [-0.3, -0.25) is 24.8 Å². The largest absolute Gasteiger partial charge is 0.492 e. The summed E-state index contributed by atoms with van der Waals surface area (Å²) in [5.41, 5.74) is 5.73. The third-order valence-electron chi connectivity index (χ3n) is 7.45. The zero-order valence-electron chi connectivity index (χ0n) is 20.4. The van der Waals surface area contributed by atoms with Crippen molar-refractivity contribution in [2.24, 2.45) is 0 Å². The second kappa shape index (κ2) is 9.93. The molecule has 0 radical (unpaired) electrons. The van der Waals surface area contributed by atoms with Crippen LogP contribution in [0.3, 0.4) is 0 Å². The number of benzene rings is 2. The summed E-state index contributed by atoms with van der Waals surface area (Å²) < 4.78 is 6.10. The monoisotopic (exact) mass is 481 g/mol. The number of ether oxygens (including phenoxy) is 1. The van der Waals surface area contributed by atoms with Crippen LogP contribution in [0.1, 0.15) is 35.1 Å². The van der Waals surface area contributed by atoms with Crippen LogP contribution in [0.5, 0.6) is 5.75 Å².